The number of nitrogens with zero attached hydrogens (tertiary/aromatic N) is 2. The number of hydrogen-bond acceptors (Lipinski definition) is 4. The minimum absolute atomic E-state index is 0.138. The number of hydrazine groups is 1. The van der Waals surface area contributed by atoms with Crippen molar-refractivity contribution in [2.75, 3.05) is 0 Å². The van der Waals surface area contributed by atoms with Crippen molar-refractivity contribution in [3.63, 3.8) is 0 Å². The highest BCUT2D eigenvalue weighted by atomic mass is 32.1. The SMILES string of the molecule is Cc1ccc(C(Cc2ccn(C(C)C)n2)NN)s1. The normalized spacial score (nSPS) is 13.2. The summed E-state index contributed by atoms with van der Waals surface area (Å²) >= 11 is 1.78. The smallest absolute Gasteiger partial charge is 0.0644 e. The molecule has 18 heavy (non-hydrogen) atoms. The number of nitrogens with two attached hydrogens (primary N) is 1. The van der Waals surface area contributed by atoms with Gasteiger partial charge in [0.2, 0.25) is 0 Å². The third-order valence-electron chi connectivity index (χ3n) is 2.91. The average Bonchev–Trinajstić information content (AvgIpc) is 2.94. The van der Waals surface area contributed by atoms with Crippen LogP contribution in [0.1, 0.15) is 41.4 Å². The molecule has 0 amide bonds. The minimum Gasteiger partial charge on any atom is -0.271 e. The molecule has 3 N–H and O–H groups in total. The molecule has 0 spiro atoms. The van der Waals surface area contributed by atoms with Crippen LogP contribution in [0.25, 0.3) is 0 Å². The van der Waals surface area contributed by atoms with Crippen LogP contribution >= 0.6 is 11.3 Å². The van der Waals surface area contributed by atoms with Gasteiger partial charge in [-0.15, -0.1) is 11.3 Å². The topological polar surface area (TPSA) is 55.9 Å². The Kier molecular flexibility index (Phi) is 4.16. The van der Waals surface area contributed by atoms with E-state index >= 15 is 0 Å². The highest BCUT2D eigenvalue weighted by molar-refractivity contribution is 7.12. The fourth-order valence-electron chi connectivity index (χ4n) is 1.87. The van der Waals surface area contributed by atoms with Crippen LogP contribution < -0.4 is 11.3 Å². The summed E-state index contributed by atoms with van der Waals surface area (Å²) in [5.74, 6) is 5.65. The number of aromatic nitrogens is 2. The minimum atomic E-state index is 0.138. The van der Waals surface area contributed by atoms with Gasteiger partial charge in [0.25, 0.3) is 0 Å². The Labute approximate surface area is 112 Å². The lowest BCUT2D eigenvalue weighted by Crippen LogP contribution is -2.29. The van der Waals surface area contributed by atoms with Crippen molar-refractivity contribution in [3.05, 3.63) is 39.8 Å². The maximum Gasteiger partial charge on any atom is 0.0644 e. The first kappa shape index (κ1) is 13.3. The Bertz CT molecular complexity index is 501. The van der Waals surface area contributed by atoms with Crippen molar-refractivity contribution in [1.29, 1.82) is 0 Å². The van der Waals surface area contributed by atoms with Crippen LogP contribution in [-0.4, -0.2) is 9.78 Å². The molecule has 0 fully saturated rings. The molecular weight excluding hydrogens is 244 g/mol. The number of nitrogens with one attached hydrogen (secondary N) is 1. The molecule has 0 aliphatic carbocycles. The molecule has 4 nitrogen and oxygen atoms in total. The monoisotopic (exact) mass is 264 g/mol. The van der Waals surface area contributed by atoms with E-state index in [4.69, 9.17) is 5.84 Å². The van der Waals surface area contributed by atoms with Gasteiger partial charge in [-0.3, -0.25) is 16.0 Å². The maximum absolute atomic E-state index is 5.65. The zero-order valence-electron chi connectivity index (χ0n) is 11.1. The summed E-state index contributed by atoms with van der Waals surface area (Å²) in [6.07, 6.45) is 2.84. The first-order valence-electron chi connectivity index (χ1n) is 6.16. The fraction of sp³-hybridized carbons (Fsp3) is 0.462. The van der Waals surface area contributed by atoms with Gasteiger partial charge in [0.15, 0.2) is 0 Å². The van der Waals surface area contributed by atoms with Crippen LogP contribution in [0.5, 0.6) is 0 Å². The quantitative estimate of drug-likeness (QED) is 0.644. The lowest BCUT2D eigenvalue weighted by atomic mass is 10.1. The molecule has 98 valence electrons. The molecule has 2 aromatic rings. The highest BCUT2D eigenvalue weighted by Crippen LogP contribution is 2.24. The second-order valence-corrected chi connectivity index (χ2v) is 6.07. The summed E-state index contributed by atoms with van der Waals surface area (Å²) in [6.45, 7) is 6.35. The van der Waals surface area contributed by atoms with Crippen LogP contribution in [0.2, 0.25) is 0 Å². The molecule has 2 heterocycles. The lowest BCUT2D eigenvalue weighted by Gasteiger charge is -2.12. The molecule has 0 aliphatic rings. The summed E-state index contributed by atoms with van der Waals surface area (Å²) in [4.78, 5) is 2.56. The van der Waals surface area contributed by atoms with Crippen LogP contribution in [0.4, 0.5) is 0 Å². The van der Waals surface area contributed by atoms with E-state index in [9.17, 15) is 0 Å². The molecule has 1 atom stereocenters. The average molecular weight is 264 g/mol. The van der Waals surface area contributed by atoms with Gasteiger partial charge in [0, 0.05) is 28.4 Å². The van der Waals surface area contributed by atoms with Crippen LogP contribution in [0.3, 0.4) is 0 Å². The predicted octanol–water partition coefficient (Wildman–Crippen LogP) is 2.58. The number of hydrogen-bond donors (Lipinski definition) is 2. The molecule has 1 unspecified atom stereocenters. The Morgan fingerprint density at radius 1 is 1.39 bits per heavy atom. The molecule has 0 aromatic carbocycles. The van der Waals surface area contributed by atoms with Gasteiger partial charge < -0.3 is 0 Å². The van der Waals surface area contributed by atoms with E-state index in [1.165, 1.54) is 9.75 Å². The van der Waals surface area contributed by atoms with E-state index < -0.39 is 0 Å². The summed E-state index contributed by atoms with van der Waals surface area (Å²) in [7, 11) is 0. The molecule has 2 rings (SSSR count). The van der Waals surface area contributed by atoms with Crippen LogP contribution in [0.15, 0.2) is 24.4 Å². The van der Waals surface area contributed by atoms with Gasteiger partial charge >= 0.3 is 0 Å². The van der Waals surface area contributed by atoms with Crippen molar-refractivity contribution in [3.8, 4) is 0 Å². The Morgan fingerprint density at radius 2 is 2.17 bits per heavy atom. The molecule has 2 aromatic heterocycles. The molecule has 5 heteroatoms. The molecule has 0 bridgehead atoms. The molecular formula is C13H20N4S. The van der Waals surface area contributed by atoms with Gasteiger partial charge in [0.1, 0.15) is 0 Å². The Morgan fingerprint density at radius 3 is 2.67 bits per heavy atom. The van der Waals surface area contributed by atoms with Gasteiger partial charge in [-0.25, -0.2) is 0 Å². The lowest BCUT2D eigenvalue weighted by molar-refractivity contribution is 0.509. The summed E-state index contributed by atoms with van der Waals surface area (Å²) < 4.78 is 1.97. The first-order valence-corrected chi connectivity index (χ1v) is 6.98. The summed E-state index contributed by atoms with van der Waals surface area (Å²) in [6, 6.07) is 6.84. The standard InChI is InChI=1S/C13H20N4S/c1-9(2)17-7-6-11(16-17)8-12(15-14)13-5-4-10(3)18-13/h4-7,9,12,15H,8,14H2,1-3H3. The fourth-order valence-corrected chi connectivity index (χ4v) is 2.80. The van der Waals surface area contributed by atoms with Gasteiger partial charge in [0.05, 0.1) is 11.7 Å². The third-order valence-corrected chi connectivity index (χ3v) is 4.03. The summed E-state index contributed by atoms with van der Waals surface area (Å²) in [5.41, 5.74) is 3.95. The second kappa shape index (κ2) is 5.65. The first-order chi connectivity index (χ1) is 8.60. The molecule has 0 radical (unpaired) electrons. The van der Waals surface area contributed by atoms with Crippen molar-refractivity contribution < 1.29 is 0 Å². The van der Waals surface area contributed by atoms with Gasteiger partial charge in [-0.05, 0) is 39.0 Å². The van der Waals surface area contributed by atoms with E-state index in [0.717, 1.165) is 12.1 Å². The number of thiophene rings is 1. The molecule has 0 saturated heterocycles. The molecule has 0 saturated carbocycles. The van der Waals surface area contributed by atoms with Crippen LogP contribution in [-0.2, 0) is 6.42 Å². The van der Waals surface area contributed by atoms with Crippen molar-refractivity contribution >= 4 is 11.3 Å². The van der Waals surface area contributed by atoms with Gasteiger partial charge in [-0.2, -0.15) is 5.10 Å². The van der Waals surface area contributed by atoms with Crippen LogP contribution in [0, 0.1) is 6.92 Å². The highest BCUT2D eigenvalue weighted by Gasteiger charge is 2.14. The largest absolute Gasteiger partial charge is 0.271 e. The second-order valence-electron chi connectivity index (χ2n) is 4.75. The Balaban J connectivity index is 2.10. The summed E-state index contributed by atoms with van der Waals surface area (Å²) in [5, 5.41) is 4.56. The molecule has 0 aliphatic heterocycles. The van der Waals surface area contributed by atoms with Gasteiger partial charge in [-0.1, -0.05) is 0 Å². The van der Waals surface area contributed by atoms with E-state index in [2.05, 4.69) is 49.5 Å². The van der Waals surface area contributed by atoms with Crippen molar-refractivity contribution in [2.45, 2.75) is 39.3 Å². The van der Waals surface area contributed by atoms with Crippen molar-refractivity contribution in [1.82, 2.24) is 15.2 Å². The van der Waals surface area contributed by atoms with Crippen molar-refractivity contribution in [2.24, 2.45) is 5.84 Å². The van der Waals surface area contributed by atoms with E-state index in [0.29, 0.717) is 6.04 Å². The zero-order chi connectivity index (χ0) is 13.1. The third kappa shape index (κ3) is 2.98. The number of rotatable bonds is 5. The zero-order valence-corrected chi connectivity index (χ0v) is 11.9. The van der Waals surface area contributed by atoms with E-state index in [-0.39, 0.29) is 6.04 Å². The maximum atomic E-state index is 5.65. The van der Waals surface area contributed by atoms with E-state index in [1.54, 1.807) is 11.3 Å². The number of aryl methyl sites for hydroxylation is 1. The predicted molar refractivity (Wildman–Crippen MR) is 75.4 cm³/mol. The Hall–Kier alpha value is -1.17. The van der Waals surface area contributed by atoms with E-state index in [1.807, 2.05) is 10.9 Å².